The van der Waals surface area contributed by atoms with Crippen LogP contribution in [0.15, 0.2) is 12.7 Å². The van der Waals surface area contributed by atoms with Gasteiger partial charge in [-0.1, -0.05) is 19.4 Å². The highest BCUT2D eigenvalue weighted by atomic mass is 32.2. The maximum absolute atomic E-state index is 11.7. The second-order valence-electron chi connectivity index (χ2n) is 5.18. The van der Waals surface area contributed by atoms with Gasteiger partial charge in [-0.15, -0.1) is 6.58 Å². The van der Waals surface area contributed by atoms with E-state index in [0.717, 1.165) is 19.3 Å². The van der Waals surface area contributed by atoms with E-state index in [0.29, 0.717) is 12.8 Å². The largest absolute Gasteiger partial charge is 0.362 e. The average Bonchev–Trinajstić information content (AvgIpc) is 3.12. The fourth-order valence-electron chi connectivity index (χ4n) is 2.20. The summed E-state index contributed by atoms with van der Waals surface area (Å²) in [6.07, 6.45) is 5.41. The molecule has 18 heavy (non-hydrogen) atoms. The minimum absolute atomic E-state index is 0.103. The first kappa shape index (κ1) is 13.5. The molecule has 0 aromatic heterocycles. The maximum Gasteiger partial charge on any atom is 0.362 e. The molecular formula is C12H19NO4S. The molecule has 2 rings (SSSR count). The normalized spacial score (nSPS) is 28.5. The number of nitrogens with one attached hydrogen (secondary N) is 1. The number of carbonyl (C=O) groups excluding carboxylic acids is 1. The molecule has 0 aliphatic heterocycles. The quantitative estimate of drug-likeness (QED) is 0.714. The third-order valence-corrected chi connectivity index (χ3v) is 4.53. The molecule has 1 amide bonds. The standard InChI is InChI=1S/C12H19NO4S/c1-3-5-12(6-7-12)17-18(15,16)13-11(14)10-8-9(10)4-2/h4,9-10H,2-3,5-8H2,1H3,(H,13,14)/t9-,10?/m1/s1. The molecule has 0 heterocycles. The lowest BCUT2D eigenvalue weighted by Gasteiger charge is -2.15. The van der Waals surface area contributed by atoms with E-state index >= 15 is 0 Å². The molecule has 6 heteroatoms. The molecule has 2 fully saturated rings. The number of allylic oxidation sites excluding steroid dienone is 1. The summed E-state index contributed by atoms with van der Waals surface area (Å²) in [6, 6.07) is 0. The van der Waals surface area contributed by atoms with E-state index in [-0.39, 0.29) is 11.8 Å². The van der Waals surface area contributed by atoms with Crippen LogP contribution in [0.2, 0.25) is 0 Å². The topological polar surface area (TPSA) is 72.5 Å². The molecule has 2 aliphatic rings. The molecule has 0 spiro atoms. The van der Waals surface area contributed by atoms with Crippen molar-refractivity contribution in [3.05, 3.63) is 12.7 Å². The summed E-state index contributed by atoms with van der Waals surface area (Å²) >= 11 is 0. The van der Waals surface area contributed by atoms with E-state index in [9.17, 15) is 13.2 Å². The Kier molecular flexibility index (Phi) is 3.51. The first-order chi connectivity index (χ1) is 8.41. The van der Waals surface area contributed by atoms with Crippen LogP contribution in [-0.4, -0.2) is 19.9 Å². The predicted molar refractivity (Wildman–Crippen MR) is 66.8 cm³/mol. The van der Waals surface area contributed by atoms with Crippen molar-refractivity contribution in [1.82, 2.24) is 4.72 Å². The van der Waals surface area contributed by atoms with Crippen LogP contribution in [0.3, 0.4) is 0 Å². The minimum atomic E-state index is -3.97. The Morgan fingerprint density at radius 2 is 2.22 bits per heavy atom. The second-order valence-corrected chi connectivity index (χ2v) is 6.46. The molecule has 5 nitrogen and oxygen atoms in total. The molecule has 1 N–H and O–H groups in total. The minimum Gasteiger partial charge on any atom is -0.274 e. The van der Waals surface area contributed by atoms with Crippen molar-refractivity contribution in [3.63, 3.8) is 0 Å². The highest BCUT2D eigenvalue weighted by molar-refractivity contribution is 7.85. The number of amides is 1. The van der Waals surface area contributed by atoms with Gasteiger partial charge in [0.1, 0.15) is 0 Å². The van der Waals surface area contributed by atoms with Crippen LogP contribution in [0.5, 0.6) is 0 Å². The lowest BCUT2D eigenvalue weighted by atomic mass is 10.2. The SMILES string of the molecule is C=C[C@@H]1CC1C(=O)NS(=O)(=O)OC1(CCC)CC1. The van der Waals surface area contributed by atoms with Gasteiger partial charge in [-0.2, -0.15) is 8.42 Å². The Bertz CT molecular complexity index is 453. The summed E-state index contributed by atoms with van der Waals surface area (Å²) in [6.45, 7) is 5.56. The first-order valence-corrected chi connectivity index (χ1v) is 7.72. The van der Waals surface area contributed by atoms with Crippen molar-refractivity contribution in [2.24, 2.45) is 11.8 Å². The Hall–Kier alpha value is -0.880. The van der Waals surface area contributed by atoms with Crippen LogP contribution < -0.4 is 4.72 Å². The predicted octanol–water partition coefficient (Wildman–Crippen LogP) is 1.52. The van der Waals surface area contributed by atoms with Gasteiger partial charge in [0.05, 0.1) is 5.60 Å². The molecule has 2 aliphatic carbocycles. The van der Waals surface area contributed by atoms with Gasteiger partial charge in [0, 0.05) is 5.92 Å². The molecule has 0 aromatic rings. The number of carbonyl (C=O) groups is 1. The van der Waals surface area contributed by atoms with E-state index in [4.69, 9.17) is 4.18 Å². The Morgan fingerprint density at radius 3 is 2.67 bits per heavy atom. The number of hydrogen-bond donors (Lipinski definition) is 1. The van der Waals surface area contributed by atoms with Gasteiger partial charge >= 0.3 is 10.3 Å². The van der Waals surface area contributed by atoms with Crippen molar-refractivity contribution < 1.29 is 17.4 Å². The molecule has 0 saturated heterocycles. The van der Waals surface area contributed by atoms with Crippen LogP contribution in [0.25, 0.3) is 0 Å². The van der Waals surface area contributed by atoms with Crippen LogP contribution in [0, 0.1) is 11.8 Å². The first-order valence-electron chi connectivity index (χ1n) is 6.31. The summed E-state index contributed by atoms with van der Waals surface area (Å²) in [5.74, 6) is -0.639. The summed E-state index contributed by atoms with van der Waals surface area (Å²) < 4.78 is 30.5. The number of rotatable bonds is 7. The summed E-state index contributed by atoms with van der Waals surface area (Å²) in [4.78, 5) is 11.6. The van der Waals surface area contributed by atoms with Gasteiger partial charge in [0.2, 0.25) is 5.91 Å². The van der Waals surface area contributed by atoms with E-state index in [2.05, 4.69) is 6.58 Å². The zero-order valence-corrected chi connectivity index (χ0v) is 11.3. The fourth-order valence-corrected chi connectivity index (χ4v) is 3.35. The van der Waals surface area contributed by atoms with Gasteiger partial charge < -0.3 is 0 Å². The monoisotopic (exact) mass is 273 g/mol. The highest BCUT2D eigenvalue weighted by Gasteiger charge is 2.48. The van der Waals surface area contributed by atoms with E-state index in [1.807, 2.05) is 11.6 Å². The van der Waals surface area contributed by atoms with Crippen molar-refractivity contribution >= 4 is 16.2 Å². The van der Waals surface area contributed by atoms with E-state index in [1.54, 1.807) is 6.08 Å². The van der Waals surface area contributed by atoms with Crippen LogP contribution >= 0.6 is 0 Å². The number of hydrogen-bond acceptors (Lipinski definition) is 4. The molecule has 0 bridgehead atoms. The van der Waals surface area contributed by atoms with Crippen LogP contribution in [0.4, 0.5) is 0 Å². The Balaban J connectivity index is 1.88. The van der Waals surface area contributed by atoms with Crippen molar-refractivity contribution in [3.8, 4) is 0 Å². The summed E-state index contributed by atoms with van der Waals surface area (Å²) in [5, 5.41) is 0. The second kappa shape index (κ2) is 4.66. The molecule has 102 valence electrons. The third-order valence-electron chi connectivity index (χ3n) is 3.50. The third kappa shape index (κ3) is 3.11. The summed E-state index contributed by atoms with van der Waals surface area (Å²) in [7, 11) is -3.97. The zero-order chi connectivity index (χ0) is 13.4. The van der Waals surface area contributed by atoms with E-state index < -0.39 is 21.8 Å². The molecule has 0 aromatic carbocycles. The van der Waals surface area contributed by atoms with Gasteiger partial charge in [-0.05, 0) is 31.6 Å². The fraction of sp³-hybridized carbons (Fsp3) is 0.750. The lowest BCUT2D eigenvalue weighted by Crippen LogP contribution is -2.36. The highest BCUT2D eigenvalue weighted by Crippen LogP contribution is 2.45. The van der Waals surface area contributed by atoms with Gasteiger partial charge in [0.25, 0.3) is 0 Å². The average molecular weight is 273 g/mol. The Morgan fingerprint density at radius 1 is 1.56 bits per heavy atom. The summed E-state index contributed by atoms with van der Waals surface area (Å²) in [5.41, 5.74) is -0.553. The van der Waals surface area contributed by atoms with E-state index in [1.165, 1.54) is 0 Å². The van der Waals surface area contributed by atoms with Gasteiger partial charge in [0.15, 0.2) is 0 Å². The van der Waals surface area contributed by atoms with Crippen molar-refractivity contribution in [2.75, 3.05) is 0 Å². The van der Waals surface area contributed by atoms with Crippen molar-refractivity contribution in [2.45, 2.75) is 44.6 Å². The molecule has 2 saturated carbocycles. The van der Waals surface area contributed by atoms with Gasteiger partial charge in [-0.25, -0.2) is 8.91 Å². The molecular weight excluding hydrogens is 254 g/mol. The Labute approximate surface area is 108 Å². The maximum atomic E-state index is 11.7. The smallest absolute Gasteiger partial charge is 0.274 e. The molecule has 1 unspecified atom stereocenters. The molecule has 2 atom stereocenters. The zero-order valence-electron chi connectivity index (χ0n) is 10.5. The van der Waals surface area contributed by atoms with Crippen molar-refractivity contribution in [1.29, 1.82) is 0 Å². The van der Waals surface area contributed by atoms with Gasteiger partial charge in [-0.3, -0.25) is 4.79 Å². The van der Waals surface area contributed by atoms with Crippen LogP contribution in [0.1, 0.15) is 39.0 Å². The molecule has 0 radical (unpaired) electrons. The van der Waals surface area contributed by atoms with Crippen LogP contribution in [-0.2, 0) is 19.3 Å². The lowest BCUT2D eigenvalue weighted by molar-refractivity contribution is -0.120.